The Labute approximate surface area is 121 Å². The molecule has 106 valence electrons. The van der Waals surface area contributed by atoms with E-state index in [4.69, 9.17) is 10.3 Å². The van der Waals surface area contributed by atoms with Gasteiger partial charge in [0, 0.05) is 17.7 Å². The van der Waals surface area contributed by atoms with Crippen LogP contribution in [0.1, 0.15) is 17.0 Å². The van der Waals surface area contributed by atoms with Crippen LogP contribution in [-0.2, 0) is 6.42 Å². The molecule has 5 heteroatoms. The lowest BCUT2D eigenvalue weighted by molar-refractivity contribution is 0.424. The predicted octanol–water partition coefficient (Wildman–Crippen LogP) is 3.36. The Bertz CT molecular complexity index is 783. The van der Waals surface area contributed by atoms with E-state index in [2.05, 4.69) is 10.1 Å². The standard InChI is InChI=1S/C16H14FN3O/c1-10-5-6-12(9-14(10)18)16-19-15(20-21-16)8-11-3-2-4-13(17)7-11/h2-7,9H,8,18H2,1H3. The molecule has 2 N–H and O–H groups in total. The number of hydrogen-bond acceptors (Lipinski definition) is 4. The molecule has 0 aliphatic heterocycles. The van der Waals surface area contributed by atoms with Gasteiger partial charge in [0.2, 0.25) is 0 Å². The molecule has 0 bridgehead atoms. The average Bonchev–Trinajstić information content (AvgIpc) is 2.90. The van der Waals surface area contributed by atoms with Gasteiger partial charge in [-0.15, -0.1) is 0 Å². The van der Waals surface area contributed by atoms with Gasteiger partial charge < -0.3 is 10.3 Å². The molecular formula is C16H14FN3O. The van der Waals surface area contributed by atoms with Gasteiger partial charge in [-0.2, -0.15) is 4.98 Å². The highest BCUT2D eigenvalue weighted by Gasteiger charge is 2.10. The van der Waals surface area contributed by atoms with Gasteiger partial charge in [0.25, 0.3) is 5.89 Å². The maximum absolute atomic E-state index is 13.1. The molecule has 0 saturated carbocycles. The first-order valence-electron chi connectivity index (χ1n) is 6.55. The summed E-state index contributed by atoms with van der Waals surface area (Å²) in [5, 5.41) is 3.92. The molecule has 21 heavy (non-hydrogen) atoms. The van der Waals surface area contributed by atoms with Crippen LogP contribution in [0.2, 0.25) is 0 Å². The van der Waals surface area contributed by atoms with E-state index in [1.807, 2.05) is 25.1 Å². The fraction of sp³-hybridized carbons (Fsp3) is 0.125. The van der Waals surface area contributed by atoms with E-state index in [0.717, 1.165) is 16.7 Å². The first-order valence-corrected chi connectivity index (χ1v) is 6.55. The topological polar surface area (TPSA) is 64.9 Å². The fourth-order valence-electron chi connectivity index (χ4n) is 2.05. The molecule has 0 spiro atoms. The van der Waals surface area contributed by atoms with Gasteiger partial charge in [0.1, 0.15) is 5.82 Å². The van der Waals surface area contributed by atoms with E-state index in [9.17, 15) is 4.39 Å². The molecule has 3 rings (SSSR count). The molecule has 1 aromatic heterocycles. The Morgan fingerprint density at radius 3 is 2.81 bits per heavy atom. The summed E-state index contributed by atoms with van der Waals surface area (Å²) in [6, 6.07) is 11.9. The first kappa shape index (κ1) is 13.3. The monoisotopic (exact) mass is 283 g/mol. The number of nitrogens with two attached hydrogens (primary N) is 1. The number of anilines is 1. The van der Waals surface area contributed by atoms with E-state index in [1.165, 1.54) is 12.1 Å². The SMILES string of the molecule is Cc1ccc(-c2nc(Cc3cccc(F)c3)no2)cc1N. The number of halogens is 1. The molecule has 0 fully saturated rings. The average molecular weight is 283 g/mol. The van der Waals surface area contributed by atoms with Gasteiger partial charge in [-0.3, -0.25) is 0 Å². The molecule has 0 aliphatic rings. The zero-order chi connectivity index (χ0) is 14.8. The molecule has 2 aromatic carbocycles. The van der Waals surface area contributed by atoms with Crippen molar-refractivity contribution in [2.45, 2.75) is 13.3 Å². The van der Waals surface area contributed by atoms with Crippen molar-refractivity contribution in [2.24, 2.45) is 0 Å². The van der Waals surface area contributed by atoms with Crippen LogP contribution in [0.3, 0.4) is 0 Å². The van der Waals surface area contributed by atoms with Crippen LogP contribution >= 0.6 is 0 Å². The second-order valence-corrected chi connectivity index (χ2v) is 4.89. The fourth-order valence-corrected chi connectivity index (χ4v) is 2.05. The van der Waals surface area contributed by atoms with Gasteiger partial charge in [0.15, 0.2) is 5.82 Å². The minimum atomic E-state index is -0.275. The summed E-state index contributed by atoms with van der Waals surface area (Å²) in [7, 11) is 0. The maximum atomic E-state index is 13.1. The van der Waals surface area contributed by atoms with Gasteiger partial charge in [0.05, 0.1) is 0 Å². The lowest BCUT2D eigenvalue weighted by Gasteiger charge is -2.00. The minimum Gasteiger partial charge on any atom is -0.398 e. The van der Waals surface area contributed by atoms with Crippen LogP contribution in [0, 0.1) is 12.7 Å². The van der Waals surface area contributed by atoms with Crippen molar-refractivity contribution in [3.05, 3.63) is 65.2 Å². The molecule has 0 aliphatic carbocycles. The Morgan fingerprint density at radius 2 is 2.05 bits per heavy atom. The third-order valence-corrected chi connectivity index (χ3v) is 3.25. The van der Waals surface area contributed by atoms with Crippen molar-refractivity contribution >= 4 is 5.69 Å². The maximum Gasteiger partial charge on any atom is 0.258 e. The van der Waals surface area contributed by atoms with E-state index in [0.29, 0.717) is 23.8 Å². The van der Waals surface area contributed by atoms with Crippen molar-refractivity contribution in [2.75, 3.05) is 5.73 Å². The molecular weight excluding hydrogens is 269 g/mol. The van der Waals surface area contributed by atoms with Crippen LogP contribution < -0.4 is 5.73 Å². The number of aromatic nitrogens is 2. The molecule has 0 saturated heterocycles. The summed E-state index contributed by atoms with van der Waals surface area (Å²) in [5.74, 6) is 0.644. The Hall–Kier alpha value is -2.69. The first-order chi connectivity index (χ1) is 10.1. The molecule has 0 atom stereocenters. The van der Waals surface area contributed by atoms with Gasteiger partial charge in [-0.05, 0) is 42.3 Å². The highest BCUT2D eigenvalue weighted by atomic mass is 19.1. The lowest BCUT2D eigenvalue weighted by Crippen LogP contribution is -1.92. The summed E-state index contributed by atoms with van der Waals surface area (Å²) < 4.78 is 18.4. The number of aryl methyl sites for hydroxylation is 1. The second kappa shape index (κ2) is 5.36. The van der Waals surface area contributed by atoms with E-state index in [1.54, 1.807) is 12.1 Å². The van der Waals surface area contributed by atoms with Crippen molar-refractivity contribution < 1.29 is 8.91 Å². The highest BCUT2D eigenvalue weighted by Crippen LogP contribution is 2.22. The Balaban J connectivity index is 1.84. The van der Waals surface area contributed by atoms with Crippen LogP contribution in [0.15, 0.2) is 47.0 Å². The van der Waals surface area contributed by atoms with Gasteiger partial charge >= 0.3 is 0 Å². The summed E-state index contributed by atoms with van der Waals surface area (Å²) in [5.41, 5.74) is 9.12. The third kappa shape index (κ3) is 2.91. The molecule has 3 aromatic rings. The van der Waals surface area contributed by atoms with E-state index < -0.39 is 0 Å². The molecule has 4 nitrogen and oxygen atoms in total. The second-order valence-electron chi connectivity index (χ2n) is 4.89. The molecule has 0 radical (unpaired) electrons. The minimum absolute atomic E-state index is 0.275. The van der Waals surface area contributed by atoms with Crippen molar-refractivity contribution in [3.63, 3.8) is 0 Å². The van der Waals surface area contributed by atoms with Crippen molar-refractivity contribution in [1.82, 2.24) is 10.1 Å². The predicted molar refractivity (Wildman–Crippen MR) is 78.1 cm³/mol. The number of hydrogen-bond donors (Lipinski definition) is 1. The summed E-state index contributed by atoms with van der Waals surface area (Å²) in [6.07, 6.45) is 0.419. The number of rotatable bonds is 3. The Morgan fingerprint density at radius 1 is 1.19 bits per heavy atom. The van der Waals surface area contributed by atoms with Gasteiger partial charge in [-0.1, -0.05) is 23.4 Å². The third-order valence-electron chi connectivity index (χ3n) is 3.25. The van der Waals surface area contributed by atoms with Gasteiger partial charge in [-0.25, -0.2) is 4.39 Å². The largest absolute Gasteiger partial charge is 0.398 e. The highest BCUT2D eigenvalue weighted by molar-refractivity contribution is 5.62. The summed E-state index contributed by atoms with van der Waals surface area (Å²) >= 11 is 0. The van der Waals surface area contributed by atoms with Crippen molar-refractivity contribution in [3.8, 4) is 11.5 Å². The quantitative estimate of drug-likeness (QED) is 0.748. The molecule has 1 heterocycles. The smallest absolute Gasteiger partial charge is 0.258 e. The van der Waals surface area contributed by atoms with Crippen LogP contribution in [0.4, 0.5) is 10.1 Å². The zero-order valence-corrected chi connectivity index (χ0v) is 11.5. The summed E-state index contributed by atoms with van der Waals surface area (Å²) in [6.45, 7) is 1.93. The normalized spacial score (nSPS) is 10.8. The number of benzene rings is 2. The summed E-state index contributed by atoms with van der Waals surface area (Å²) in [4.78, 5) is 4.32. The zero-order valence-electron chi connectivity index (χ0n) is 11.5. The van der Waals surface area contributed by atoms with Crippen molar-refractivity contribution in [1.29, 1.82) is 0 Å². The van der Waals surface area contributed by atoms with Crippen LogP contribution in [-0.4, -0.2) is 10.1 Å². The number of nitrogens with zero attached hydrogens (tertiary/aromatic N) is 2. The molecule has 0 amide bonds. The molecule has 0 unspecified atom stereocenters. The Kier molecular flexibility index (Phi) is 3.39. The number of nitrogen functional groups attached to an aromatic ring is 1. The van der Waals surface area contributed by atoms with E-state index >= 15 is 0 Å². The van der Waals surface area contributed by atoms with E-state index in [-0.39, 0.29) is 5.82 Å². The lowest BCUT2D eigenvalue weighted by atomic mass is 10.1. The van der Waals surface area contributed by atoms with Crippen LogP contribution in [0.25, 0.3) is 11.5 Å². The van der Waals surface area contributed by atoms with Crippen LogP contribution in [0.5, 0.6) is 0 Å².